The third kappa shape index (κ3) is 5.47. The van der Waals surface area contributed by atoms with Crippen LogP contribution in [0.4, 0.5) is 0 Å². The van der Waals surface area contributed by atoms with E-state index in [1.807, 2.05) is 45.9 Å². The Balaban J connectivity index is 0.00000400. The minimum Gasteiger partial charge on any atom is -0.550 e. The number of nitrogens with one attached hydrogen (secondary N) is 2. The average Bonchev–Trinajstić information content (AvgIpc) is 3.42. The SMILES string of the molecule is C=CC1=C(C)c2nc1cc1[nH]c(cc[nH+]c(C(=C)C)cc3nc(o2)C(C=C)=C3C)c(CCC(=O)[O-])c1C.[Fe+4]. The molecule has 0 spiro atoms. The molecular formula is C30H30FeN4O3+4. The number of hydrogen-bond acceptors (Lipinski definition) is 5. The molecule has 0 aliphatic carbocycles. The Labute approximate surface area is 232 Å². The van der Waals surface area contributed by atoms with E-state index < -0.39 is 5.97 Å². The standard InChI is InChI=1S/C30H30N4O3.Fe/c1-8-20-19(7)29-34-27(20)15-25-18(6)22(10-11-28(35)36)23(32-25)12-13-31-24(16(3)4)14-26-17(5)21(9-2)30(33-26)37-29;/h8-9,12-15,32H,1-3,10-11H2,4-7H3,(H,35,36);/q;+4. The average molecular weight is 550 g/mol. The summed E-state index contributed by atoms with van der Waals surface area (Å²) < 4.78 is 6.24. The number of carboxylic acid groups (broad SMARTS) is 1. The summed E-state index contributed by atoms with van der Waals surface area (Å²) in [4.78, 5) is 27.4. The van der Waals surface area contributed by atoms with Crippen LogP contribution in [0.3, 0.4) is 0 Å². The van der Waals surface area contributed by atoms with Gasteiger partial charge in [0.25, 0.3) is 0 Å². The summed E-state index contributed by atoms with van der Waals surface area (Å²) in [5, 5.41) is 11.2. The fourth-order valence-electron chi connectivity index (χ4n) is 4.42. The van der Waals surface area contributed by atoms with Crippen molar-refractivity contribution in [1.29, 1.82) is 0 Å². The van der Waals surface area contributed by atoms with Crippen molar-refractivity contribution in [2.24, 2.45) is 0 Å². The zero-order valence-corrected chi connectivity index (χ0v) is 23.1. The number of fused-ring (bicyclic) bond motifs is 6. The number of aromatic amines is 2. The number of hydrogen-bond donors (Lipinski definition) is 1. The predicted octanol–water partition coefficient (Wildman–Crippen LogP) is 5.06. The van der Waals surface area contributed by atoms with E-state index in [2.05, 4.69) is 29.7 Å². The molecule has 8 heteroatoms. The maximum absolute atomic E-state index is 11.2. The van der Waals surface area contributed by atoms with Crippen LogP contribution in [-0.2, 0) is 28.3 Å². The number of aliphatic carboxylic acids is 1. The Morgan fingerprint density at radius 3 is 2.37 bits per heavy atom. The maximum Gasteiger partial charge on any atom is 4.00 e. The molecule has 4 rings (SSSR count). The van der Waals surface area contributed by atoms with Crippen LogP contribution in [0.2, 0.25) is 0 Å². The molecule has 6 bridgehead atoms. The van der Waals surface area contributed by atoms with E-state index in [1.165, 1.54) is 0 Å². The van der Waals surface area contributed by atoms with Gasteiger partial charge < -0.3 is 19.3 Å². The van der Waals surface area contributed by atoms with E-state index in [0.29, 0.717) is 23.9 Å². The smallest absolute Gasteiger partial charge is 0.550 e. The molecule has 0 saturated heterocycles. The van der Waals surface area contributed by atoms with Gasteiger partial charge in [-0.2, -0.15) is 0 Å². The first-order valence-corrected chi connectivity index (χ1v) is 12.0. The zero-order chi connectivity index (χ0) is 26.9. The van der Waals surface area contributed by atoms with Gasteiger partial charge in [-0.1, -0.05) is 31.9 Å². The van der Waals surface area contributed by atoms with Crippen LogP contribution < -0.4 is 10.1 Å². The molecule has 0 aromatic carbocycles. The molecule has 0 amide bonds. The number of carbonyl (C=O) groups excluding carboxylic acids is 1. The Hall–Kier alpha value is -4.00. The fourth-order valence-corrected chi connectivity index (χ4v) is 4.42. The van der Waals surface area contributed by atoms with Crippen molar-refractivity contribution in [3.63, 3.8) is 0 Å². The number of rotatable bonds is 6. The van der Waals surface area contributed by atoms with E-state index in [9.17, 15) is 9.90 Å². The first kappa shape index (κ1) is 28.6. The third-order valence-electron chi connectivity index (χ3n) is 6.61. The topological polar surface area (TPSA) is 109 Å². The molecule has 4 heterocycles. The summed E-state index contributed by atoms with van der Waals surface area (Å²) in [6, 6.07) is 5.72. The van der Waals surface area contributed by atoms with Gasteiger partial charge in [-0.05, 0) is 63.3 Å². The molecule has 0 saturated carbocycles. The summed E-state index contributed by atoms with van der Waals surface area (Å²) in [7, 11) is 0. The Kier molecular flexibility index (Phi) is 8.71. The monoisotopic (exact) mass is 550 g/mol. The fraction of sp³-hybridized carbons (Fsp3) is 0.200. The molecule has 0 unspecified atom stereocenters. The quantitative estimate of drug-likeness (QED) is 0.506. The van der Waals surface area contributed by atoms with Crippen LogP contribution in [0.25, 0.3) is 38.9 Å². The van der Waals surface area contributed by atoms with Gasteiger partial charge >= 0.3 is 17.1 Å². The molecule has 192 valence electrons. The molecule has 2 aromatic rings. The normalized spacial score (nSPS) is 12.5. The van der Waals surface area contributed by atoms with Crippen molar-refractivity contribution in [1.82, 2.24) is 15.0 Å². The van der Waals surface area contributed by atoms with E-state index in [4.69, 9.17) is 14.4 Å². The Morgan fingerprint density at radius 2 is 1.74 bits per heavy atom. The van der Waals surface area contributed by atoms with E-state index in [1.54, 1.807) is 18.3 Å². The van der Waals surface area contributed by atoms with Crippen LogP contribution in [0.1, 0.15) is 67.2 Å². The number of allylic oxidation sites excluding steroid dienone is 7. The van der Waals surface area contributed by atoms with Gasteiger partial charge in [0, 0.05) is 51.4 Å². The van der Waals surface area contributed by atoms with Crippen molar-refractivity contribution < 1.29 is 36.4 Å². The van der Waals surface area contributed by atoms with Crippen molar-refractivity contribution in [3.05, 3.63) is 96.3 Å². The van der Waals surface area contributed by atoms with Crippen LogP contribution in [0.5, 0.6) is 0 Å². The summed E-state index contributed by atoms with van der Waals surface area (Å²) in [5.41, 5.74) is 9.85. The molecular weight excluding hydrogens is 520 g/mol. The zero-order valence-electron chi connectivity index (χ0n) is 22.0. The molecule has 7 nitrogen and oxygen atoms in total. The molecule has 38 heavy (non-hydrogen) atoms. The van der Waals surface area contributed by atoms with Crippen LogP contribution in [-0.4, -0.2) is 20.9 Å². The third-order valence-corrected chi connectivity index (χ3v) is 6.61. The molecule has 2 N–H and O–H groups in total. The predicted molar refractivity (Wildman–Crippen MR) is 145 cm³/mol. The Morgan fingerprint density at radius 1 is 1.05 bits per heavy atom. The number of carboxylic acids is 1. The molecule has 0 radical (unpaired) electrons. The van der Waals surface area contributed by atoms with Crippen LogP contribution in [0, 0.1) is 6.92 Å². The first-order chi connectivity index (χ1) is 17.6. The first-order valence-electron chi connectivity index (χ1n) is 12.0. The molecule has 2 aliphatic heterocycles. The molecule has 2 aliphatic rings. The molecule has 2 aromatic heterocycles. The van der Waals surface area contributed by atoms with Gasteiger partial charge in [0.15, 0.2) is 6.20 Å². The van der Waals surface area contributed by atoms with Gasteiger partial charge in [0.1, 0.15) is 0 Å². The van der Waals surface area contributed by atoms with Crippen LogP contribution in [0.15, 0.2) is 60.7 Å². The molecule has 0 atom stereocenters. The molecule has 0 fully saturated rings. The van der Waals surface area contributed by atoms with Gasteiger partial charge in [0.2, 0.25) is 17.5 Å². The van der Waals surface area contributed by atoms with Gasteiger partial charge in [-0.15, -0.1) is 0 Å². The Bertz CT molecular complexity index is 1600. The minimum atomic E-state index is -1.09. The van der Waals surface area contributed by atoms with Crippen molar-refractivity contribution in [2.45, 2.75) is 40.5 Å². The summed E-state index contributed by atoms with van der Waals surface area (Å²) >= 11 is 0. The van der Waals surface area contributed by atoms with Gasteiger partial charge in [-0.25, -0.2) is 15.0 Å². The minimum absolute atomic E-state index is 0. The van der Waals surface area contributed by atoms with Crippen LogP contribution >= 0.6 is 0 Å². The van der Waals surface area contributed by atoms with Crippen molar-refractivity contribution >= 4 is 44.9 Å². The second kappa shape index (κ2) is 11.6. The number of carbonyl (C=O) groups is 1. The summed E-state index contributed by atoms with van der Waals surface area (Å²) in [6.45, 7) is 19.8. The van der Waals surface area contributed by atoms with E-state index in [-0.39, 0.29) is 23.5 Å². The van der Waals surface area contributed by atoms with Crippen molar-refractivity contribution in [3.8, 4) is 0 Å². The van der Waals surface area contributed by atoms with E-state index in [0.717, 1.165) is 61.4 Å². The maximum atomic E-state index is 11.2. The summed E-state index contributed by atoms with van der Waals surface area (Å²) in [5.74, 6) is -0.234. The number of aromatic nitrogens is 4. The second-order valence-corrected chi connectivity index (χ2v) is 9.08. The van der Waals surface area contributed by atoms with E-state index >= 15 is 0 Å². The van der Waals surface area contributed by atoms with Crippen molar-refractivity contribution in [2.75, 3.05) is 0 Å². The number of nitrogens with zero attached hydrogens (tertiary/aromatic N) is 2. The number of H-pyrrole nitrogens is 2. The van der Waals surface area contributed by atoms with Gasteiger partial charge in [-0.3, -0.25) is 0 Å². The van der Waals surface area contributed by atoms with Gasteiger partial charge in [0.05, 0.1) is 11.4 Å². The summed E-state index contributed by atoms with van der Waals surface area (Å²) in [6.07, 6.45) is 5.53. The second-order valence-electron chi connectivity index (χ2n) is 9.08. The number of aryl methyl sites for hydroxylation is 2. The largest absolute Gasteiger partial charge is 4.00 e.